The molecule has 0 N–H and O–H groups in total. The normalized spacial score (nSPS) is 7.53. The van der Waals surface area contributed by atoms with Crippen molar-refractivity contribution < 1.29 is 0 Å². The molecule has 1 aromatic rings. The largest absolute Gasteiger partial charge is 0.244 e. The van der Waals surface area contributed by atoms with E-state index in [9.17, 15) is 0 Å². The van der Waals surface area contributed by atoms with E-state index < -0.39 is 0 Å². The Morgan fingerprint density at radius 3 is 2.07 bits per heavy atom. The number of rotatable bonds is 2. The highest BCUT2D eigenvalue weighted by atomic mass is 14.9. The molecule has 0 aliphatic heterocycles. The number of hydrogen-bond acceptors (Lipinski definition) is 3. The van der Waals surface area contributed by atoms with Crippen LogP contribution in [0.1, 0.15) is 39.0 Å². The lowest BCUT2D eigenvalue weighted by molar-refractivity contribution is 1.08. The first-order chi connectivity index (χ1) is 7.29. The summed E-state index contributed by atoms with van der Waals surface area (Å²) in [5.41, 5.74) is 1.72. The van der Waals surface area contributed by atoms with E-state index in [4.69, 9.17) is 0 Å². The van der Waals surface area contributed by atoms with Crippen molar-refractivity contribution >= 4 is 18.6 Å². The highest BCUT2D eigenvalue weighted by Crippen LogP contribution is 2.17. The number of hydrogen-bond donors (Lipinski definition) is 0. The molecule has 0 saturated heterocycles. The second-order valence-electron chi connectivity index (χ2n) is 2.06. The van der Waals surface area contributed by atoms with E-state index in [1.54, 1.807) is 6.08 Å². The topological polar surface area (TPSA) is 38.1 Å². The first-order valence-electron chi connectivity index (χ1n) is 5.20. The predicted molar refractivity (Wildman–Crippen MR) is 68.8 cm³/mol. The third-order valence-corrected chi connectivity index (χ3v) is 1.42. The van der Waals surface area contributed by atoms with Gasteiger partial charge in [0.2, 0.25) is 0 Å². The van der Waals surface area contributed by atoms with Gasteiger partial charge in [0.05, 0.1) is 5.69 Å². The van der Waals surface area contributed by atoms with Crippen LogP contribution in [0.3, 0.4) is 0 Å². The van der Waals surface area contributed by atoms with Gasteiger partial charge in [-0.15, -0.1) is 0 Å². The average molecular weight is 207 g/mol. The Bertz CT molecular complexity index is 293. The van der Waals surface area contributed by atoms with Gasteiger partial charge in [-0.1, -0.05) is 40.3 Å². The van der Waals surface area contributed by atoms with Gasteiger partial charge < -0.3 is 0 Å². The van der Waals surface area contributed by atoms with Gasteiger partial charge in [-0.3, -0.25) is 0 Å². The van der Waals surface area contributed by atoms with E-state index in [0.717, 1.165) is 11.3 Å². The summed E-state index contributed by atoms with van der Waals surface area (Å²) >= 11 is 0. The van der Waals surface area contributed by atoms with Crippen molar-refractivity contribution in [1.82, 2.24) is 9.97 Å². The summed E-state index contributed by atoms with van der Waals surface area (Å²) in [7, 11) is 0. The number of aryl methyl sites for hydroxylation is 1. The van der Waals surface area contributed by atoms with E-state index in [-0.39, 0.29) is 0 Å². The Morgan fingerprint density at radius 1 is 1.20 bits per heavy atom. The van der Waals surface area contributed by atoms with Crippen molar-refractivity contribution in [2.24, 2.45) is 4.99 Å². The SMILES string of the molecule is C=Cc1c(C)ncnc1N=C.CC.CC. The number of nitrogens with zero attached hydrogens (tertiary/aromatic N) is 3. The minimum Gasteiger partial charge on any atom is -0.244 e. The van der Waals surface area contributed by atoms with Gasteiger partial charge in [0.25, 0.3) is 0 Å². The summed E-state index contributed by atoms with van der Waals surface area (Å²) in [6.07, 6.45) is 3.14. The summed E-state index contributed by atoms with van der Waals surface area (Å²) in [6.45, 7) is 16.9. The standard InChI is InChI=1S/C8H9N3.2C2H6/c1-4-7-6(2)10-5-11-8(7)9-3;2*1-2/h4-5H,1,3H2,2H3;2*1-2H3. The van der Waals surface area contributed by atoms with Crippen LogP contribution in [0.25, 0.3) is 6.08 Å². The minimum atomic E-state index is 0.590. The molecule has 0 fully saturated rings. The Kier molecular flexibility index (Phi) is 11.2. The van der Waals surface area contributed by atoms with Gasteiger partial charge in [-0.05, 0) is 13.6 Å². The van der Waals surface area contributed by atoms with Gasteiger partial charge >= 0.3 is 0 Å². The van der Waals surface area contributed by atoms with Crippen molar-refractivity contribution in [3.63, 3.8) is 0 Å². The molecule has 84 valence electrons. The molecule has 0 unspecified atom stereocenters. The fourth-order valence-corrected chi connectivity index (χ4v) is 0.836. The van der Waals surface area contributed by atoms with Crippen LogP contribution in [0.15, 0.2) is 17.9 Å². The fraction of sp³-hybridized carbons (Fsp3) is 0.417. The lowest BCUT2D eigenvalue weighted by Crippen LogP contribution is -1.88. The molecule has 0 aliphatic carbocycles. The lowest BCUT2D eigenvalue weighted by atomic mass is 10.2. The van der Waals surface area contributed by atoms with Crippen LogP contribution in [0.2, 0.25) is 0 Å². The molecule has 1 heterocycles. The van der Waals surface area contributed by atoms with Crippen molar-refractivity contribution in [2.75, 3.05) is 0 Å². The highest BCUT2D eigenvalue weighted by molar-refractivity contribution is 5.62. The molecule has 0 atom stereocenters. The molecular formula is C12H21N3. The lowest BCUT2D eigenvalue weighted by Gasteiger charge is -1.99. The monoisotopic (exact) mass is 207 g/mol. The average Bonchev–Trinajstić information content (AvgIpc) is 2.33. The molecule has 3 heteroatoms. The summed E-state index contributed by atoms with van der Waals surface area (Å²) in [5.74, 6) is 0.590. The second-order valence-corrected chi connectivity index (χ2v) is 2.06. The van der Waals surface area contributed by atoms with E-state index in [0.29, 0.717) is 5.82 Å². The van der Waals surface area contributed by atoms with Crippen molar-refractivity contribution in [3.8, 4) is 0 Å². The Balaban J connectivity index is 0. The van der Waals surface area contributed by atoms with E-state index in [1.165, 1.54) is 6.33 Å². The third-order valence-electron chi connectivity index (χ3n) is 1.42. The maximum Gasteiger partial charge on any atom is 0.162 e. The number of aliphatic imine (C=N–C) groups is 1. The molecule has 0 aliphatic rings. The van der Waals surface area contributed by atoms with Gasteiger partial charge in [0, 0.05) is 5.56 Å². The van der Waals surface area contributed by atoms with Gasteiger partial charge in [-0.25, -0.2) is 15.0 Å². The fourth-order valence-electron chi connectivity index (χ4n) is 0.836. The predicted octanol–water partition coefficient (Wildman–Crippen LogP) is 3.81. The maximum atomic E-state index is 3.99. The zero-order chi connectivity index (χ0) is 12.3. The maximum absolute atomic E-state index is 3.99. The molecular weight excluding hydrogens is 186 g/mol. The Morgan fingerprint density at radius 2 is 1.73 bits per heavy atom. The molecule has 0 radical (unpaired) electrons. The summed E-state index contributed by atoms with van der Waals surface area (Å²) in [4.78, 5) is 11.6. The Hall–Kier alpha value is -1.51. The molecule has 15 heavy (non-hydrogen) atoms. The van der Waals surface area contributed by atoms with E-state index in [2.05, 4.69) is 28.3 Å². The van der Waals surface area contributed by atoms with Crippen LogP contribution in [0, 0.1) is 6.92 Å². The first-order valence-corrected chi connectivity index (χ1v) is 5.20. The van der Waals surface area contributed by atoms with Crippen LogP contribution < -0.4 is 0 Å². The molecule has 0 spiro atoms. The zero-order valence-electron chi connectivity index (χ0n) is 10.4. The van der Waals surface area contributed by atoms with Crippen LogP contribution in [-0.4, -0.2) is 16.7 Å². The van der Waals surface area contributed by atoms with Crippen molar-refractivity contribution in [1.29, 1.82) is 0 Å². The van der Waals surface area contributed by atoms with Gasteiger partial charge in [0.1, 0.15) is 6.33 Å². The first kappa shape index (κ1) is 15.9. The molecule has 0 bridgehead atoms. The van der Waals surface area contributed by atoms with Crippen LogP contribution >= 0.6 is 0 Å². The van der Waals surface area contributed by atoms with Crippen molar-refractivity contribution in [3.05, 3.63) is 24.2 Å². The highest BCUT2D eigenvalue weighted by Gasteiger charge is 2.00. The van der Waals surface area contributed by atoms with E-state index in [1.807, 2.05) is 34.6 Å². The van der Waals surface area contributed by atoms with Crippen LogP contribution in [-0.2, 0) is 0 Å². The molecule has 1 aromatic heterocycles. The van der Waals surface area contributed by atoms with Crippen molar-refractivity contribution in [2.45, 2.75) is 34.6 Å². The third kappa shape index (κ3) is 5.05. The molecule has 0 saturated carbocycles. The van der Waals surface area contributed by atoms with Crippen LogP contribution in [0.5, 0.6) is 0 Å². The van der Waals surface area contributed by atoms with Crippen LogP contribution in [0.4, 0.5) is 5.82 Å². The summed E-state index contributed by atoms with van der Waals surface area (Å²) in [5, 5.41) is 0. The second kappa shape index (κ2) is 10.6. The molecule has 1 rings (SSSR count). The van der Waals surface area contributed by atoms with E-state index >= 15 is 0 Å². The quantitative estimate of drug-likeness (QED) is 0.691. The Labute approximate surface area is 93.0 Å². The zero-order valence-corrected chi connectivity index (χ0v) is 10.4. The smallest absolute Gasteiger partial charge is 0.162 e. The number of aromatic nitrogens is 2. The molecule has 0 amide bonds. The summed E-state index contributed by atoms with van der Waals surface area (Å²) < 4.78 is 0. The summed E-state index contributed by atoms with van der Waals surface area (Å²) in [6, 6.07) is 0. The minimum absolute atomic E-state index is 0.590. The molecule has 0 aromatic carbocycles. The van der Waals surface area contributed by atoms with Gasteiger partial charge in [-0.2, -0.15) is 0 Å². The molecule has 3 nitrogen and oxygen atoms in total. The van der Waals surface area contributed by atoms with Gasteiger partial charge in [0.15, 0.2) is 5.82 Å².